The Balaban J connectivity index is 1.41. The highest BCUT2D eigenvalue weighted by Crippen LogP contribution is 2.38. The first-order chi connectivity index (χ1) is 16.3. The predicted molar refractivity (Wildman–Crippen MR) is 141 cm³/mol. The molecule has 9 heteroatoms. The lowest BCUT2D eigenvalue weighted by atomic mass is 10.1. The molecule has 0 N–H and O–H groups in total. The van der Waals surface area contributed by atoms with Crippen LogP contribution in [0.1, 0.15) is 16.8 Å². The molecule has 7 nitrogen and oxygen atoms in total. The van der Waals surface area contributed by atoms with Gasteiger partial charge in [-0.25, -0.2) is 14.1 Å². The Morgan fingerprint density at radius 3 is 2.67 bits per heavy atom. The number of allylic oxidation sites excluding steroid dienone is 1. The molecule has 33 heavy (non-hydrogen) atoms. The normalized spacial score (nSPS) is 15.9. The Morgan fingerprint density at radius 2 is 1.88 bits per heavy atom. The van der Waals surface area contributed by atoms with Gasteiger partial charge in [0.2, 0.25) is 0 Å². The Hall–Kier alpha value is -2.55. The van der Waals surface area contributed by atoms with Gasteiger partial charge >= 0.3 is 0 Å². The smallest absolute Gasteiger partial charge is 0.156 e. The summed E-state index contributed by atoms with van der Waals surface area (Å²) in [6.45, 7) is 3.26. The average Bonchev–Trinajstić information content (AvgIpc) is 3.63. The second kappa shape index (κ2) is 9.00. The molecule has 4 heterocycles. The van der Waals surface area contributed by atoms with Crippen molar-refractivity contribution in [3.05, 3.63) is 77.9 Å². The number of aromatic nitrogens is 5. The van der Waals surface area contributed by atoms with Crippen molar-refractivity contribution in [3.63, 3.8) is 0 Å². The summed E-state index contributed by atoms with van der Waals surface area (Å²) in [5, 5.41) is 9.30. The summed E-state index contributed by atoms with van der Waals surface area (Å²) in [4.78, 5) is 7.45. The van der Waals surface area contributed by atoms with E-state index in [4.69, 9.17) is 14.8 Å². The third-order valence-corrected chi connectivity index (χ3v) is 7.98. The van der Waals surface area contributed by atoms with E-state index in [2.05, 4.69) is 62.5 Å². The minimum atomic E-state index is 0.595. The van der Waals surface area contributed by atoms with Crippen molar-refractivity contribution in [2.75, 3.05) is 31.2 Å². The first-order valence-electron chi connectivity index (χ1n) is 10.9. The Bertz CT molecular complexity index is 1330. The summed E-state index contributed by atoms with van der Waals surface area (Å²) < 4.78 is 9.48. The van der Waals surface area contributed by atoms with E-state index in [1.54, 1.807) is 0 Å². The zero-order valence-electron chi connectivity index (χ0n) is 17.9. The number of nitrogens with zero attached hydrogens (tertiary/aromatic N) is 6. The monoisotopic (exact) mass is 568 g/mol. The highest BCUT2D eigenvalue weighted by atomic mass is 127. The second-order valence-electron chi connectivity index (χ2n) is 8.08. The lowest BCUT2D eigenvalue weighted by molar-refractivity contribution is 0.122. The first kappa shape index (κ1) is 21.0. The molecule has 3 aromatic heterocycles. The molecule has 4 aromatic rings. The van der Waals surface area contributed by atoms with Gasteiger partial charge in [-0.1, -0.05) is 30.3 Å². The van der Waals surface area contributed by atoms with Crippen LogP contribution in [0.15, 0.2) is 61.1 Å². The molecular weight excluding hydrogens is 546 g/mol. The fourth-order valence-corrected chi connectivity index (χ4v) is 5.49. The number of halogens is 1. The molecule has 0 amide bonds. The molecule has 1 atom stereocenters. The van der Waals surface area contributed by atoms with Gasteiger partial charge in [0.25, 0.3) is 0 Å². The molecule has 1 unspecified atom stereocenters. The minimum absolute atomic E-state index is 0.595. The Labute approximate surface area is 206 Å². The lowest BCUT2D eigenvalue weighted by Crippen LogP contribution is -2.37. The second-order valence-corrected chi connectivity index (χ2v) is 10.2. The predicted octanol–water partition coefficient (Wildman–Crippen LogP) is 4.86. The number of morpholine rings is 1. The Morgan fingerprint density at radius 1 is 1.03 bits per heavy atom. The third kappa shape index (κ3) is 4.11. The van der Waals surface area contributed by atoms with Gasteiger partial charge < -0.3 is 9.64 Å². The standard InChI is InChI=1S/C24H22IN6OP/c25-33-31-16-19(15-26-31)18-12-20-22(13-18)27-24(14-23(20)29-8-10-32-11-9-29)30-7-6-21(28-30)17-4-2-1-3-5-17/h1-7,13-16,33H,8-12H2. The third-order valence-electron chi connectivity index (χ3n) is 6.08. The van der Waals surface area contributed by atoms with E-state index in [0.29, 0.717) is 6.37 Å². The number of rotatable bonds is 5. The molecule has 1 saturated heterocycles. The molecule has 0 bridgehead atoms. The van der Waals surface area contributed by atoms with Crippen molar-refractivity contribution >= 4 is 45.8 Å². The number of hydrogen-bond acceptors (Lipinski definition) is 5. The van der Waals surface area contributed by atoms with Gasteiger partial charge in [0.15, 0.2) is 5.82 Å². The zero-order valence-corrected chi connectivity index (χ0v) is 21.0. The first-order valence-corrected chi connectivity index (χ1v) is 14.9. The summed E-state index contributed by atoms with van der Waals surface area (Å²) in [6, 6.07) is 14.5. The number of pyridine rings is 1. The van der Waals surface area contributed by atoms with Gasteiger partial charge in [0, 0.05) is 60.3 Å². The summed E-state index contributed by atoms with van der Waals surface area (Å²) in [5.41, 5.74) is 7.98. The highest BCUT2D eigenvalue weighted by molar-refractivity contribution is 14.2. The van der Waals surface area contributed by atoms with E-state index >= 15 is 0 Å². The van der Waals surface area contributed by atoms with Crippen LogP contribution in [0.25, 0.3) is 28.7 Å². The number of anilines is 1. The van der Waals surface area contributed by atoms with Crippen LogP contribution in [0, 0.1) is 0 Å². The maximum absolute atomic E-state index is 5.61. The molecule has 0 radical (unpaired) electrons. The van der Waals surface area contributed by atoms with Crippen LogP contribution in [0.4, 0.5) is 5.69 Å². The fraction of sp³-hybridized carbons (Fsp3) is 0.208. The van der Waals surface area contributed by atoms with Gasteiger partial charge in [0.1, 0.15) is 0 Å². The van der Waals surface area contributed by atoms with Crippen LogP contribution in [-0.4, -0.2) is 50.6 Å². The number of fused-ring (bicyclic) bond motifs is 1. The van der Waals surface area contributed by atoms with Crippen molar-refractivity contribution in [1.82, 2.24) is 24.3 Å². The Kier molecular flexibility index (Phi) is 5.73. The summed E-state index contributed by atoms with van der Waals surface area (Å²) in [5.74, 6) is 0.833. The lowest BCUT2D eigenvalue weighted by Gasteiger charge is -2.31. The molecule has 0 saturated carbocycles. The summed E-state index contributed by atoms with van der Waals surface area (Å²) in [6.07, 6.45) is 9.74. The van der Waals surface area contributed by atoms with Gasteiger partial charge in [-0.15, -0.1) is 0 Å². The van der Waals surface area contributed by atoms with Gasteiger partial charge in [-0.2, -0.15) is 10.2 Å². The van der Waals surface area contributed by atoms with Gasteiger partial charge in [-0.3, -0.25) is 0 Å². The van der Waals surface area contributed by atoms with Crippen LogP contribution >= 0.6 is 28.4 Å². The minimum Gasteiger partial charge on any atom is -0.378 e. The maximum Gasteiger partial charge on any atom is 0.156 e. The van der Waals surface area contributed by atoms with E-state index in [9.17, 15) is 0 Å². The molecule has 1 aliphatic carbocycles. The molecule has 2 aliphatic rings. The van der Waals surface area contributed by atoms with Crippen LogP contribution in [-0.2, 0) is 11.2 Å². The number of ether oxygens (including phenoxy) is 1. The van der Waals surface area contributed by atoms with E-state index < -0.39 is 0 Å². The molecule has 1 aliphatic heterocycles. The zero-order chi connectivity index (χ0) is 22.2. The van der Waals surface area contributed by atoms with Crippen molar-refractivity contribution in [2.24, 2.45) is 0 Å². The largest absolute Gasteiger partial charge is 0.378 e. The van der Waals surface area contributed by atoms with Crippen LogP contribution in [0.2, 0.25) is 0 Å². The van der Waals surface area contributed by atoms with Gasteiger partial charge in [0.05, 0.1) is 37.2 Å². The summed E-state index contributed by atoms with van der Waals surface area (Å²) >= 11 is 2.35. The van der Waals surface area contributed by atoms with Crippen LogP contribution < -0.4 is 4.90 Å². The van der Waals surface area contributed by atoms with Crippen molar-refractivity contribution in [1.29, 1.82) is 0 Å². The summed E-state index contributed by atoms with van der Waals surface area (Å²) in [7, 11) is 0. The van der Waals surface area contributed by atoms with E-state index in [-0.39, 0.29) is 0 Å². The van der Waals surface area contributed by atoms with Crippen LogP contribution in [0.3, 0.4) is 0 Å². The van der Waals surface area contributed by atoms with E-state index in [0.717, 1.165) is 61.1 Å². The number of benzene rings is 1. The topological polar surface area (TPSA) is 61.0 Å². The maximum atomic E-state index is 5.61. The quantitative estimate of drug-likeness (QED) is 0.255. The highest BCUT2D eigenvalue weighted by Gasteiger charge is 2.25. The van der Waals surface area contributed by atoms with Gasteiger partial charge in [-0.05, 0) is 39.8 Å². The molecule has 0 spiro atoms. The van der Waals surface area contributed by atoms with Crippen molar-refractivity contribution in [2.45, 2.75) is 6.42 Å². The number of hydrogen-bond donors (Lipinski definition) is 0. The molecular formula is C24H22IN6OP. The molecule has 166 valence electrons. The molecule has 1 fully saturated rings. The molecule has 6 rings (SSSR count). The SMILES string of the molecule is IPn1cc(C2=Cc3nc(-n4ccc(-c5ccccc5)n4)cc(N4CCOCC4)c3C2)cn1. The average molecular weight is 568 g/mol. The van der Waals surface area contributed by atoms with Crippen molar-refractivity contribution < 1.29 is 4.74 Å². The van der Waals surface area contributed by atoms with Crippen molar-refractivity contribution in [3.8, 4) is 17.1 Å². The van der Waals surface area contributed by atoms with E-state index in [1.165, 1.54) is 16.8 Å². The van der Waals surface area contributed by atoms with E-state index in [1.807, 2.05) is 45.8 Å². The van der Waals surface area contributed by atoms with Crippen LogP contribution in [0.5, 0.6) is 0 Å². The molecule has 1 aromatic carbocycles. The fourth-order valence-electron chi connectivity index (χ4n) is 4.41.